The third-order valence-electron chi connectivity index (χ3n) is 1.48. The highest BCUT2D eigenvalue weighted by Crippen LogP contribution is 2.15. The lowest BCUT2D eigenvalue weighted by molar-refractivity contribution is 0.0685. The van der Waals surface area contributed by atoms with Crippen LogP contribution in [-0.2, 0) is 7.05 Å². The van der Waals surface area contributed by atoms with E-state index >= 15 is 0 Å². The zero-order valence-corrected chi connectivity index (χ0v) is 7.71. The lowest BCUT2D eigenvalue weighted by Crippen LogP contribution is -2.05. The van der Waals surface area contributed by atoms with Crippen molar-refractivity contribution in [3.05, 3.63) is 16.1 Å². The quantitative estimate of drug-likeness (QED) is 0.771. The predicted molar refractivity (Wildman–Crippen MR) is 42.6 cm³/mol. The fourth-order valence-corrected chi connectivity index (χ4v) is 1.49. The van der Waals surface area contributed by atoms with Crippen LogP contribution in [0.2, 0.25) is 0 Å². The van der Waals surface area contributed by atoms with Crippen LogP contribution in [-0.4, -0.2) is 20.6 Å². The van der Waals surface area contributed by atoms with E-state index in [-0.39, 0.29) is 5.69 Å². The summed E-state index contributed by atoms with van der Waals surface area (Å²) in [6.07, 6.45) is 0. The zero-order valence-electron chi connectivity index (χ0n) is 6.13. The predicted octanol–water partition coefficient (Wildman–Crippen LogP) is 1.19. The van der Waals surface area contributed by atoms with Gasteiger partial charge in [-0.1, -0.05) is 0 Å². The molecule has 0 bridgehead atoms. The van der Waals surface area contributed by atoms with E-state index in [0.717, 1.165) is 0 Å². The summed E-state index contributed by atoms with van der Waals surface area (Å²) in [5, 5.41) is 8.67. The van der Waals surface area contributed by atoms with E-state index in [9.17, 15) is 4.79 Å². The summed E-state index contributed by atoms with van der Waals surface area (Å²) in [5.41, 5.74) is 0.183. The summed E-state index contributed by atoms with van der Waals surface area (Å²) < 4.78 is 1.90. The molecule has 0 amide bonds. The molecule has 0 radical (unpaired) electrons. The van der Waals surface area contributed by atoms with E-state index in [0.29, 0.717) is 10.4 Å². The molecule has 0 aromatic carbocycles. The number of carboxylic acids is 1. The van der Waals surface area contributed by atoms with Crippen molar-refractivity contribution in [3.63, 3.8) is 0 Å². The molecule has 0 unspecified atom stereocenters. The minimum absolute atomic E-state index is 0.183. The molecule has 0 saturated carbocycles. The molecule has 60 valence electrons. The van der Waals surface area contributed by atoms with Gasteiger partial charge < -0.3 is 9.67 Å². The van der Waals surface area contributed by atoms with Gasteiger partial charge in [0.05, 0.1) is 0 Å². The number of aromatic nitrogens is 2. The monoisotopic (exact) mass is 218 g/mol. The second-order valence-electron chi connectivity index (χ2n) is 2.16. The van der Waals surface area contributed by atoms with Crippen molar-refractivity contribution >= 4 is 21.9 Å². The molecule has 0 aliphatic heterocycles. The molecule has 1 rings (SSSR count). The highest BCUT2D eigenvalue weighted by molar-refractivity contribution is 9.10. The molecule has 0 saturated heterocycles. The Hall–Kier alpha value is -0.840. The van der Waals surface area contributed by atoms with Gasteiger partial charge in [0.1, 0.15) is 10.4 Å². The van der Waals surface area contributed by atoms with Crippen LogP contribution in [0.3, 0.4) is 0 Å². The number of carboxylic acid groups (broad SMARTS) is 1. The molecular formula is C6H7BrN2O2. The zero-order chi connectivity index (χ0) is 8.59. The van der Waals surface area contributed by atoms with Crippen LogP contribution in [0.5, 0.6) is 0 Å². The number of rotatable bonds is 1. The Bertz CT molecular complexity index is 306. The van der Waals surface area contributed by atoms with Crippen molar-refractivity contribution in [2.45, 2.75) is 6.92 Å². The van der Waals surface area contributed by atoms with E-state index < -0.39 is 5.97 Å². The van der Waals surface area contributed by atoms with Gasteiger partial charge in [-0.25, -0.2) is 9.78 Å². The van der Waals surface area contributed by atoms with Crippen LogP contribution in [0.1, 0.15) is 16.3 Å². The molecule has 0 aliphatic carbocycles. The van der Waals surface area contributed by atoms with Crippen LogP contribution in [0.25, 0.3) is 0 Å². The minimum atomic E-state index is -0.972. The average Bonchev–Trinajstić information content (AvgIpc) is 2.07. The van der Waals surface area contributed by atoms with Gasteiger partial charge in [-0.2, -0.15) is 0 Å². The number of aromatic carboxylic acids is 1. The number of nitrogens with zero attached hydrogens (tertiary/aromatic N) is 2. The Morgan fingerprint density at radius 2 is 2.27 bits per heavy atom. The normalized spacial score (nSPS) is 10.1. The van der Waals surface area contributed by atoms with Gasteiger partial charge in [0.25, 0.3) is 0 Å². The Morgan fingerprint density at radius 1 is 1.73 bits per heavy atom. The van der Waals surface area contributed by atoms with Crippen molar-refractivity contribution in [1.29, 1.82) is 0 Å². The first-order chi connectivity index (χ1) is 5.04. The summed E-state index contributed by atoms with van der Waals surface area (Å²) in [6, 6.07) is 0. The molecule has 5 heteroatoms. The summed E-state index contributed by atoms with van der Waals surface area (Å²) in [5.74, 6) is -0.297. The van der Waals surface area contributed by atoms with Crippen molar-refractivity contribution in [3.8, 4) is 0 Å². The molecule has 0 aliphatic rings. The maximum Gasteiger partial charge on any atom is 0.355 e. The number of hydrogen-bond acceptors (Lipinski definition) is 2. The molecule has 1 N–H and O–H groups in total. The van der Waals surface area contributed by atoms with Crippen LogP contribution in [0, 0.1) is 6.92 Å². The topological polar surface area (TPSA) is 55.1 Å². The summed E-state index contributed by atoms with van der Waals surface area (Å²) in [4.78, 5) is 14.5. The van der Waals surface area contributed by atoms with E-state index in [1.54, 1.807) is 14.0 Å². The van der Waals surface area contributed by atoms with E-state index in [1.807, 2.05) is 0 Å². The Balaban J connectivity index is 3.34. The number of hydrogen-bond donors (Lipinski definition) is 1. The van der Waals surface area contributed by atoms with E-state index in [1.165, 1.54) is 4.57 Å². The van der Waals surface area contributed by atoms with E-state index in [4.69, 9.17) is 5.11 Å². The lowest BCUT2D eigenvalue weighted by Gasteiger charge is -1.96. The molecule has 1 heterocycles. The third-order valence-corrected chi connectivity index (χ3v) is 2.03. The molecule has 1 aromatic rings. The van der Waals surface area contributed by atoms with Crippen molar-refractivity contribution in [2.75, 3.05) is 0 Å². The van der Waals surface area contributed by atoms with Gasteiger partial charge in [0.15, 0.2) is 5.69 Å². The SMILES string of the molecule is Cc1nc(Br)c(C(=O)O)n1C. The standard InChI is InChI=1S/C6H7BrN2O2/c1-3-8-5(7)4(6(10)11)9(3)2/h1-2H3,(H,10,11). The van der Waals surface area contributed by atoms with Crippen molar-refractivity contribution in [2.24, 2.45) is 7.05 Å². The minimum Gasteiger partial charge on any atom is -0.476 e. The molecule has 0 spiro atoms. The Morgan fingerprint density at radius 3 is 2.45 bits per heavy atom. The van der Waals surface area contributed by atoms with Gasteiger partial charge in [-0.15, -0.1) is 0 Å². The highest BCUT2D eigenvalue weighted by Gasteiger charge is 2.15. The fraction of sp³-hybridized carbons (Fsp3) is 0.333. The van der Waals surface area contributed by atoms with Crippen LogP contribution >= 0.6 is 15.9 Å². The molecule has 4 nitrogen and oxygen atoms in total. The first-order valence-corrected chi connectivity index (χ1v) is 3.75. The number of halogens is 1. The second kappa shape index (κ2) is 2.65. The first kappa shape index (κ1) is 8.26. The maximum atomic E-state index is 10.6. The third kappa shape index (κ3) is 1.28. The number of aryl methyl sites for hydroxylation is 1. The van der Waals surface area contributed by atoms with Gasteiger partial charge in [-0.3, -0.25) is 0 Å². The average molecular weight is 219 g/mol. The molecule has 0 atom stereocenters. The Kier molecular flexibility index (Phi) is 1.99. The second-order valence-corrected chi connectivity index (χ2v) is 2.91. The maximum absolute atomic E-state index is 10.6. The molecule has 0 fully saturated rings. The fourth-order valence-electron chi connectivity index (χ4n) is 0.802. The van der Waals surface area contributed by atoms with Crippen LogP contribution < -0.4 is 0 Å². The summed E-state index contributed by atoms with van der Waals surface area (Å²) in [6.45, 7) is 1.75. The summed E-state index contributed by atoms with van der Waals surface area (Å²) >= 11 is 3.06. The lowest BCUT2D eigenvalue weighted by atomic mass is 10.5. The Labute approximate surface area is 72.0 Å². The molecule has 1 aromatic heterocycles. The highest BCUT2D eigenvalue weighted by atomic mass is 79.9. The van der Waals surface area contributed by atoms with Gasteiger partial charge in [0, 0.05) is 7.05 Å². The summed E-state index contributed by atoms with van der Waals surface area (Å²) in [7, 11) is 1.66. The molecule has 11 heavy (non-hydrogen) atoms. The number of carbonyl (C=O) groups is 1. The number of imidazole rings is 1. The smallest absolute Gasteiger partial charge is 0.355 e. The van der Waals surface area contributed by atoms with Gasteiger partial charge in [-0.05, 0) is 22.9 Å². The van der Waals surface area contributed by atoms with Gasteiger partial charge >= 0.3 is 5.97 Å². The first-order valence-electron chi connectivity index (χ1n) is 2.96. The van der Waals surface area contributed by atoms with Crippen molar-refractivity contribution in [1.82, 2.24) is 9.55 Å². The van der Waals surface area contributed by atoms with Crippen molar-refractivity contribution < 1.29 is 9.90 Å². The largest absolute Gasteiger partial charge is 0.476 e. The van der Waals surface area contributed by atoms with Gasteiger partial charge in [0.2, 0.25) is 0 Å². The molecular weight excluding hydrogens is 212 g/mol. The van der Waals surface area contributed by atoms with E-state index in [2.05, 4.69) is 20.9 Å². The van der Waals surface area contributed by atoms with Crippen LogP contribution in [0.4, 0.5) is 0 Å². The van der Waals surface area contributed by atoms with Crippen LogP contribution in [0.15, 0.2) is 4.60 Å².